The molecular weight excluding hydrogens is 274 g/mol. The molecule has 112 valence electrons. The Morgan fingerprint density at radius 1 is 1.48 bits per heavy atom. The summed E-state index contributed by atoms with van der Waals surface area (Å²) in [6, 6.07) is 5.25. The first-order valence-corrected chi connectivity index (χ1v) is 6.52. The first-order valence-electron chi connectivity index (χ1n) is 6.52. The van der Waals surface area contributed by atoms with Gasteiger partial charge in [0.15, 0.2) is 5.82 Å². The van der Waals surface area contributed by atoms with Crippen molar-refractivity contribution < 1.29 is 14.6 Å². The molecule has 0 saturated carbocycles. The molecule has 0 spiro atoms. The molecule has 21 heavy (non-hydrogen) atoms. The van der Waals surface area contributed by atoms with Crippen LogP contribution in [0, 0.1) is 0 Å². The van der Waals surface area contributed by atoms with Crippen molar-refractivity contribution in [1.82, 2.24) is 20.2 Å². The normalized spacial score (nSPS) is 10.8. The lowest BCUT2D eigenvalue weighted by Crippen LogP contribution is -2.09. The monoisotopic (exact) mass is 291 g/mol. The van der Waals surface area contributed by atoms with Crippen LogP contribution in [0.5, 0.6) is 5.75 Å². The molecule has 0 bridgehead atoms. The van der Waals surface area contributed by atoms with Crippen molar-refractivity contribution in [2.24, 2.45) is 0 Å². The highest BCUT2D eigenvalue weighted by atomic mass is 16.5. The van der Waals surface area contributed by atoms with Gasteiger partial charge in [0.25, 0.3) is 0 Å². The second-order valence-electron chi connectivity index (χ2n) is 4.79. The molecule has 0 saturated heterocycles. The topological polar surface area (TPSA) is 116 Å². The average molecular weight is 291 g/mol. The van der Waals surface area contributed by atoms with E-state index in [0.717, 1.165) is 0 Å². The molecule has 0 fully saturated rings. The summed E-state index contributed by atoms with van der Waals surface area (Å²) < 4.78 is 7.00. The largest absolute Gasteiger partial charge is 0.489 e. The minimum atomic E-state index is -0.906. The number of hydrogen-bond acceptors (Lipinski definition) is 6. The van der Waals surface area contributed by atoms with E-state index in [2.05, 4.69) is 15.5 Å². The Kier molecular flexibility index (Phi) is 4.36. The van der Waals surface area contributed by atoms with Gasteiger partial charge in [-0.2, -0.15) is 0 Å². The van der Waals surface area contributed by atoms with Gasteiger partial charge in [0.1, 0.15) is 5.75 Å². The van der Waals surface area contributed by atoms with Crippen molar-refractivity contribution >= 4 is 11.7 Å². The fourth-order valence-corrected chi connectivity index (χ4v) is 1.81. The van der Waals surface area contributed by atoms with Gasteiger partial charge in [0, 0.05) is 5.56 Å². The molecule has 0 aliphatic carbocycles. The van der Waals surface area contributed by atoms with E-state index in [1.165, 1.54) is 4.68 Å². The molecule has 1 aromatic heterocycles. The number of hydrogen-bond donors (Lipinski definition) is 2. The van der Waals surface area contributed by atoms with Crippen LogP contribution in [0.1, 0.15) is 20.3 Å². The fraction of sp³-hybridized carbons (Fsp3) is 0.385. The van der Waals surface area contributed by atoms with E-state index in [0.29, 0.717) is 22.8 Å². The quantitative estimate of drug-likeness (QED) is 0.767. The Labute approximate surface area is 121 Å². The van der Waals surface area contributed by atoms with Crippen LogP contribution in [0.4, 0.5) is 5.69 Å². The van der Waals surface area contributed by atoms with Crippen LogP contribution in [0.2, 0.25) is 0 Å². The SMILES string of the molecule is CC(C)Oc1ccc(-c2nnnn2CCC(=O)O)cc1N. The molecule has 8 heteroatoms. The van der Waals surface area contributed by atoms with Crippen LogP contribution < -0.4 is 10.5 Å². The maximum atomic E-state index is 10.6. The lowest BCUT2D eigenvalue weighted by molar-refractivity contribution is -0.137. The van der Waals surface area contributed by atoms with Gasteiger partial charge in [-0.05, 0) is 42.5 Å². The maximum absolute atomic E-state index is 10.6. The van der Waals surface area contributed by atoms with Gasteiger partial charge in [-0.3, -0.25) is 4.79 Å². The summed E-state index contributed by atoms with van der Waals surface area (Å²) in [5, 5.41) is 20.0. The van der Waals surface area contributed by atoms with Crippen molar-refractivity contribution in [1.29, 1.82) is 0 Å². The fourth-order valence-electron chi connectivity index (χ4n) is 1.81. The number of nitrogens with zero attached hydrogens (tertiary/aromatic N) is 4. The zero-order valence-electron chi connectivity index (χ0n) is 11.9. The Hall–Kier alpha value is -2.64. The van der Waals surface area contributed by atoms with Crippen LogP contribution in [0.25, 0.3) is 11.4 Å². The summed E-state index contributed by atoms with van der Waals surface area (Å²) in [7, 11) is 0. The summed E-state index contributed by atoms with van der Waals surface area (Å²) in [5.74, 6) is 0.161. The van der Waals surface area contributed by atoms with Gasteiger partial charge in [-0.25, -0.2) is 4.68 Å². The number of aliphatic carboxylic acids is 1. The zero-order valence-corrected chi connectivity index (χ0v) is 11.9. The third-order valence-corrected chi connectivity index (χ3v) is 2.70. The standard InChI is InChI=1S/C13H17N5O3/c1-8(2)21-11-4-3-9(7-10(11)14)13-15-16-17-18(13)6-5-12(19)20/h3-4,7-8H,5-6,14H2,1-2H3,(H,19,20). The van der Waals surface area contributed by atoms with Crippen molar-refractivity contribution in [3.63, 3.8) is 0 Å². The zero-order chi connectivity index (χ0) is 15.4. The first kappa shape index (κ1) is 14.8. The van der Waals surface area contributed by atoms with E-state index < -0.39 is 5.97 Å². The maximum Gasteiger partial charge on any atom is 0.305 e. The molecule has 3 N–H and O–H groups in total. The predicted molar refractivity (Wildman–Crippen MR) is 75.7 cm³/mol. The lowest BCUT2D eigenvalue weighted by atomic mass is 10.1. The number of carboxylic acids is 1. The summed E-state index contributed by atoms with van der Waals surface area (Å²) in [5.41, 5.74) is 7.14. The van der Waals surface area contributed by atoms with Crippen LogP contribution >= 0.6 is 0 Å². The van der Waals surface area contributed by atoms with Crippen molar-refractivity contribution in [2.75, 3.05) is 5.73 Å². The number of rotatable bonds is 6. The second kappa shape index (κ2) is 6.21. The molecule has 0 aliphatic rings. The van der Waals surface area contributed by atoms with Gasteiger partial charge in [0.2, 0.25) is 0 Å². The number of carbonyl (C=O) groups is 1. The molecule has 0 aliphatic heterocycles. The molecule has 1 aromatic carbocycles. The third kappa shape index (κ3) is 3.68. The molecule has 2 aromatic rings. The van der Waals surface area contributed by atoms with E-state index in [1.807, 2.05) is 13.8 Å². The number of anilines is 1. The number of tetrazole rings is 1. The van der Waals surface area contributed by atoms with Crippen molar-refractivity contribution in [2.45, 2.75) is 32.9 Å². The van der Waals surface area contributed by atoms with Gasteiger partial charge in [0.05, 0.1) is 24.8 Å². The van der Waals surface area contributed by atoms with Gasteiger partial charge in [-0.1, -0.05) is 0 Å². The molecular formula is C13H17N5O3. The number of aromatic nitrogens is 4. The minimum Gasteiger partial charge on any atom is -0.489 e. The highest BCUT2D eigenvalue weighted by Crippen LogP contribution is 2.28. The highest BCUT2D eigenvalue weighted by Gasteiger charge is 2.12. The number of aryl methyl sites for hydroxylation is 1. The average Bonchev–Trinajstić information content (AvgIpc) is 2.86. The van der Waals surface area contributed by atoms with Gasteiger partial charge >= 0.3 is 5.97 Å². The molecule has 8 nitrogen and oxygen atoms in total. The van der Waals surface area contributed by atoms with Crippen molar-refractivity contribution in [3.05, 3.63) is 18.2 Å². The van der Waals surface area contributed by atoms with Crippen molar-refractivity contribution in [3.8, 4) is 17.1 Å². The number of carboxylic acid groups (broad SMARTS) is 1. The van der Waals surface area contributed by atoms with Crippen LogP contribution in [0.3, 0.4) is 0 Å². The molecule has 2 rings (SSSR count). The van der Waals surface area contributed by atoms with Gasteiger partial charge < -0.3 is 15.6 Å². The Morgan fingerprint density at radius 2 is 2.24 bits per heavy atom. The van der Waals surface area contributed by atoms with E-state index in [4.69, 9.17) is 15.6 Å². The molecule has 0 radical (unpaired) electrons. The smallest absolute Gasteiger partial charge is 0.305 e. The summed E-state index contributed by atoms with van der Waals surface area (Å²) in [6.07, 6.45) is -0.0266. The summed E-state index contributed by atoms with van der Waals surface area (Å²) in [4.78, 5) is 10.6. The lowest BCUT2D eigenvalue weighted by Gasteiger charge is -2.12. The number of nitrogen functional groups attached to an aromatic ring is 1. The van der Waals surface area contributed by atoms with E-state index in [-0.39, 0.29) is 19.1 Å². The minimum absolute atomic E-state index is 0.0269. The third-order valence-electron chi connectivity index (χ3n) is 2.70. The van der Waals surface area contributed by atoms with Crippen LogP contribution in [0.15, 0.2) is 18.2 Å². The summed E-state index contributed by atoms with van der Waals surface area (Å²) in [6.45, 7) is 4.03. The van der Waals surface area contributed by atoms with Crippen LogP contribution in [-0.2, 0) is 11.3 Å². The first-order chi connectivity index (χ1) is 9.97. The van der Waals surface area contributed by atoms with Crippen LogP contribution in [-0.4, -0.2) is 37.4 Å². The number of ether oxygens (including phenoxy) is 1. The van der Waals surface area contributed by atoms with E-state index in [9.17, 15) is 4.79 Å². The second-order valence-corrected chi connectivity index (χ2v) is 4.79. The number of nitrogens with two attached hydrogens (primary N) is 1. The summed E-state index contributed by atoms with van der Waals surface area (Å²) >= 11 is 0. The Morgan fingerprint density at radius 3 is 2.86 bits per heavy atom. The van der Waals surface area contributed by atoms with Gasteiger partial charge in [-0.15, -0.1) is 5.10 Å². The Bertz CT molecular complexity index is 638. The number of benzene rings is 1. The van der Waals surface area contributed by atoms with E-state index >= 15 is 0 Å². The highest BCUT2D eigenvalue weighted by molar-refractivity contribution is 5.67. The molecule has 0 unspecified atom stereocenters. The molecule has 0 atom stereocenters. The molecule has 1 heterocycles. The Balaban J connectivity index is 2.24. The molecule has 0 amide bonds. The van der Waals surface area contributed by atoms with E-state index in [1.54, 1.807) is 18.2 Å². The predicted octanol–water partition coefficient (Wildman–Crippen LogP) is 1.18.